The van der Waals surface area contributed by atoms with Gasteiger partial charge in [-0.15, -0.1) is 0 Å². The third kappa shape index (κ3) is 3.17. The number of nitrogens with one attached hydrogen (secondary N) is 1. The van der Waals surface area contributed by atoms with Crippen LogP contribution in [0.3, 0.4) is 0 Å². The summed E-state index contributed by atoms with van der Waals surface area (Å²) in [6, 6.07) is 12.6. The van der Waals surface area contributed by atoms with E-state index < -0.39 is 0 Å². The van der Waals surface area contributed by atoms with Crippen LogP contribution in [0.25, 0.3) is 0 Å². The largest absolute Gasteiger partial charge is 0.307 e. The van der Waals surface area contributed by atoms with Gasteiger partial charge in [-0.05, 0) is 36.2 Å². The Morgan fingerprint density at radius 1 is 1.26 bits per heavy atom. The molecule has 0 spiro atoms. The average Bonchev–Trinajstić information content (AvgIpc) is 2.48. The van der Waals surface area contributed by atoms with Gasteiger partial charge in [-0.3, -0.25) is 4.79 Å². The highest BCUT2D eigenvalue weighted by molar-refractivity contribution is 6.03. The molecule has 0 saturated heterocycles. The van der Waals surface area contributed by atoms with Crippen molar-refractivity contribution in [3.05, 3.63) is 59.3 Å². The number of amides is 1. The molecule has 0 saturated carbocycles. The van der Waals surface area contributed by atoms with Gasteiger partial charge in [-0.1, -0.05) is 19.1 Å². The summed E-state index contributed by atoms with van der Waals surface area (Å²) in [6.45, 7) is 2.07. The van der Waals surface area contributed by atoms with Gasteiger partial charge in [0.2, 0.25) is 0 Å². The topological polar surface area (TPSA) is 65.8 Å². The lowest BCUT2D eigenvalue weighted by Crippen LogP contribution is -2.12. The lowest BCUT2D eigenvalue weighted by Gasteiger charge is -2.05. The quantitative estimate of drug-likeness (QED) is 0.912. The molecule has 94 valence electrons. The van der Waals surface area contributed by atoms with Crippen molar-refractivity contribution >= 4 is 11.7 Å². The Hall–Kier alpha value is -2.67. The molecule has 2 rings (SSSR count). The molecule has 0 radical (unpaired) electrons. The normalized spacial score (nSPS) is 9.68. The molecule has 1 aromatic carbocycles. The highest BCUT2D eigenvalue weighted by Gasteiger charge is 2.06. The first-order chi connectivity index (χ1) is 9.22. The first-order valence-corrected chi connectivity index (χ1v) is 5.99. The number of rotatable bonds is 3. The second kappa shape index (κ2) is 5.78. The van der Waals surface area contributed by atoms with E-state index in [0.29, 0.717) is 16.9 Å². The Labute approximate surface area is 111 Å². The van der Waals surface area contributed by atoms with Crippen molar-refractivity contribution in [1.82, 2.24) is 4.98 Å². The fourth-order valence-corrected chi connectivity index (χ4v) is 1.61. The summed E-state index contributed by atoms with van der Waals surface area (Å²) in [4.78, 5) is 15.9. The third-order valence-corrected chi connectivity index (χ3v) is 2.76. The summed E-state index contributed by atoms with van der Waals surface area (Å²) >= 11 is 0. The van der Waals surface area contributed by atoms with Gasteiger partial charge in [0.15, 0.2) is 0 Å². The van der Waals surface area contributed by atoms with Gasteiger partial charge in [0.25, 0.3) is 5.91 Å². The minimum Gasteiger partial charge on any atom is -0.307 e. The van der Waals surface area contributed by atoms with Crippen molar-refractivity contribution in [3.63, 3.8) is 0 Å². The molecule has 4 heteroatoms. The van der Waals surface area contributed by atoms with E-state index in [1.807, 2.05) is 18.2 Å². The molecule has 0 bridgehead atoms. The number of carbonyl (C=O) groups excluding carboxylic acids is 1. The summed E-state index contributed by atoms with van der Waals surface area (Å²) < 4.78 is 0. The zero-order valence-electron chi connectivity index (χ0n) is 10.6. The lowest BCUT2D eigenvalue weighted by atomic mass is 10.1. The summed E-state index contributed by atoms with van der Waals surface area (Å²) in [6.07, 6.45) is 2.37. The molecule has 0 unspecified atom stereocenters. The van der Waals surface area contributed by atoms with E-state index in [9.17, 15) is 4.79 Å². The summed E-state index contributed by atoms with van der Waals surface area (Å²) in [5.74, 6) is 0.225. The van der Waals surface area contributed by atoms with Crippen LogP contribution in [0.15, 0.2) is 42.6 Å². The second-order valence-electron chi connectivity index (χ2n) is 4.05. The van der Waals surface area contributed by atoms with Crippen molar-refractivity contribution in [3.8, 4) is 6.07 Å². The molecule has 1 aromatic heterocycles. The lowest BCUT2D eigenvalue weighted by molar-refractivity contribution is 0.102. The summed E-state index contributed by atoms with van der Waals surface area (Å²) in [5, 5.41) is 11.3. The van der Waals surface area contributed by atoms with Crippen LogP contribution in [-0.4, -0.2) is 10.9 Å². The van der Waals surface area contributed by atoms with Crippen LogP contribution in [0.1, 0.15) is 28.4 Å². The van der Waals surface area contributed by atoms with Gasteiger partial charge in [0.05, 0.1) is 5.56 Å². The molecule has 0 aliphatic rings. The van der Waals surface area contributed by atoms with Crippen molar-refractivity contribution in [2.75, 3.05) is 5.32 Å². The Kier molecular flexibility index (Phi) is 3.89. The number of aromatic nitrogens is 1. The molecule has 1 heterocycles. The molecule has 0 atom stereocenters. The van der Waals surface area contributed by atoms with Gasteiger partial charge < -0.3 is 5.32 Å². The van der Waals surface area contributed by atoms with Crippen LogP contribution in [0.4, 0.5) is 5.82 Å². The number of anilines is 1. The highest BCUT2D eigenvalue weighted by Crippen LogP contribution is 2.09. The van der Waals surface area contributed by atoms with Gasteiger partial charge in [-0.25, -0.2) is 4.98 Å². The van der Waals surface area contributed by atoms with Crippen molar-refractivity contribution in [2.24, 2.45) is 0 Å². The van der Waals surface area contributed by atoms with E-state index in [2.05, 4.69) is 17.2 Å². The molecule has 0 aliphatic carbocycles. The molecule has 1 N–H and O–H groups in total. The maximum atomic E-state index is 12.0. The molecule has 0 fully saturated rings. The molecular weight excluding hydrogens is 238 g/mol. The van der Waals surface area contributed by atoms with Gasteiger partial charge in [0.1, 0.15) is 11.9 Å². The Balaban J connectivity index is 2.09. The third-order valence-electron chi connectivity index (χ3n) is 2.76. The van der Waals surface area contributed by atoms with Crippen LogP contribution >= 0.6 is 0 Å². The van der Waals surface area contributed by atoms with E-state index in [4.69, 9.17) is 5.26 Å². The van der Waals surface area contributed by atoms with E-state index in [1.54, 1.807) is 24.3 Å². The van der Waals surface area contributed by atoms with E-state index in [-0.39, 0.29) is 5.91 Å². The Bertz CT molecular complexity index is 609. The number of benzene rings is 1. The smallest absolute Gasteiger partial charge is 0.256 e. The Morgan fingerprint density at radius 3 is 2.53 bits per heavy atom. The zero-order valence-corrected chi connectivity index (χ0v) is 10.6. The van der Waals surface area contributed by atoms with Crippen LogP contribution in [0, 0.1) is 11.3 Å². The minimum atomic E-state index is -0.208. The molecule has 19 heavy (non-hydrogen) atoms. The number of nitriles is 1. The van der Waals surface area contributed by atoms with E-state index in [0.717, 1.165) is 6.42 Å². The molecule has 1 amide bonds. The summed E-state index contributed by atoms with van der Waals surface area (Å²) in [7, 11) is 0. The maximum Gasteiger partial charge on any atom is 0.256 e. The maximum absolute atomic E-state index is 12.0. The SMILES string of the molecule is CCc1ccc(C(=O)Nc2ccc(C#N)cn2)cc1. The number of pyridine rings is 1. The van der Waals surface area contributed by atoms with E-state index in [1.165, 1.54) is 11.8 Å². The second-order valence-corrected chi connectivity index (χ2v) is 4.05. The van der Waals surface area contributed by atoms with Crippen LogP contribution in [-0.2, 0) is 6.42 Å². The summed E-state index contributed by atoms with van der Waals surface area (Å²) in [5.41, 5.74) is 2.24. The monoisotopic (exact) mass is 251 g/mol. The highest BCUT2D eigenvalue weighted by atomic mass is 16.1. The molecule has 0 aliphatic heterocycles. The predicted molar refractivity (Wildman–Crippen MR) is 72.7 cm³/mol. The molecule has 2 aromatic rings. The minimum absolute atomic E-state index is 0.208. The number of hydrogen-bond acceptors (Lipinski definition) is 3. The van der Waals surface area contributed by atoms with Gasteiger partial charge in [-0.2, -0.15) is 5.26 Å². The Morgan fingerprint density at radius 2 is 2.00 bits per heavy atom. The standard InChI is InChI=1S/C15H13N3O/c1-2-11-3-6-13(7-4-11)15(19)18-14-8-5-12(9-16)10-17-14/h3-8,10H,2H2,1H3,(H,17,18,19). The average molecular weight is 251 g/mol. The first kappa shape index (κ1) is 12.8. The molecule has 4 nitrogen and oxygen atoms in total. The molecular formula is C15H13N3O. The fraction of sp³-hybridized carbons (Fsp3) is 0.133. The van der Waals surface area contributed by atoms with Gasteiger partial charge in [0, 0.05) is 11.8 Å². The van der Waals surface area contributed by atoms with Gasteiger partial charge >= 0.3 is 0 Å². The van der Waals surface area contributed by atoms with E-state index >= 15 is 0 Å². The van der Waals surface area contributed by atoms with Crippen LogP contribution in [0.2, 0.25) is 0 Å². The number of carbonyl (C=O) groups is 1. The number of nitrogens with zero attached hydrogens (tertiary/aromatic N) is 2. The zero-order chi connectivity index (χ0) is 13.7. The van der Waals surface area contributed by atoms with Crippen LogP contribution in [0.5, 0.6) is 0 Å². The van der Waals surface area contributed by atoms with Crippen molar-refractivity contribution in [2.45, 2.75) is 13.3 Å². The van der Waals surface area contributed by atoms with Crippen LogP contribution < -0.4 is 5.32 Å². The fourth-order valence-electron chi connectivity index (χ4n) is 1.61. The first-order valence-electron chi connectivity index (χ1n) is 5.99. The predicted octanol–water partition coefficient (Wildman–Crippen LogP) is 2.77. The van der Waals surface area contributed by atoms with Crippen molar-refractivity contribution in [1.29, 1.82) is 5.26 Å². The number of hydrogen-bond donors (Lipinski definition) is 1. The number of aryl methyl sites for hydroxylation is 1. The van der Waals surface area contributed by atoms with Crippen molar-refractivity contribution < 1.29 is 4.79 Å².